The van der Waals surface area contributed by atoms with Crippen LogP contribution >= 0.6 is 12.4 Å². The third-order valence-corrected chi connectivity index (χ3v) is 2.39. The number of esters is 1. The highest BCUT2D eigenvalue weighted by atomic mass is 35.5. The number of hydrogen-bond acceptors (Lipinski definition) is 6. The molecule has 0 radical (unpaired) electrons. The molecule has 0 aromatic heterocycles. The lowest BCUT2D eigenvalue weighted by atomic mass is 10.0. The van der Waals surface area contributed by atoms with Crippen LogP contribution in [0.3, 0.4) is 0 Å². The molecule has 0 bridgehead atoms. The first kappa shape index (κ1) is 17.2. The summed E-state index contributed by atoms with van der Waals surface area (Å²) in [5, 5.41) is 0. The zero-order valence-corrected chi connectivity index (χ0v) is 11.7. The van der Waals surface area contributed by atoms with Crippen LogP contribution in [0, 0.1) is 0 Å². The standard InChI is InChI=1S/C12H15NO5.ClH/c1-16-9-4-7(12(15)18-3)5-10(17-2)11(9)8(14)6-13;/h4-5H,6,13H2,1-3H3;1H. The number of ether oxygens (including phenoxy) is 3. The summed E-state index contributed by atoms with van der Waals surface area (Å²) in [5.74, 6) is -0.422. The van der Waals surface area contributed by atoms with Crippen LogP contribution in [-0.2, 0) is 4.74 Å². The summed E-state index contributed by atoms with van der Waals surface area (Å²) in [7, 11) is 4.05. The molecule has 1 aromatic carbocycles. The van der Waals surface area contributed by atoms with E-state index in [1.54, 1.807) is 0 Å². The lowest BCUT2D eigenvalue weighted by molar-refractivity contribution is 0.0599. The Morgan fingerprint density at radius 1 is 1.11 bits per heavy atom. The molecule has 19 heavy (non-hydrogen) atoms. The maximum Gasteiger partial charge on any atom is 0.338 e. The van der Waals surface area contributed by atoms with Gasteiger partial charge in [-0.05, 0) is 12.1 Å². The van der Waals surface area contributed by atoms with E-state index in [4.69, 9.17) is 15.2 Å². The average Bonchev–Trinajstić information content (AvgIpc) is 2.43. The zero-order valence-electron chi connectivity index (χ0n) is 10.9. The normalized spacial score (nSPS) is 9.26. The molecule has 0 unspecified atom stereocenters. The summed E-state index contributed by atoms with van der Waals surface area (Å²) < 4.78 is 14.8. The van der Waals surface area contributed by atoms with Gasteiger partial charge in [0.05, 0.1) is 33.4 Å². The van der Waals surface area contributed by atoms with Gasteiger partial charge in [-0.2, -0.15) is 0 Å². The molecular formula is C12H16ClNO5. The minimum absolute atomic E-state index is 0. The van der Waals surface area contributed by atoms with Crippen molar-refractivity contribution >= 4 is 24.2 Å². The number of benzene rings is 1. The molecule has 0 saturated heterocycles. The molecule has 0 heterocycles. The Morgan fingerprint density at radius 3 is 1.89 bits per heavy atom. The van der Waals surface area contributed by atoms with Crippen molar-refractivity contribution in [1.82, 2.24) is 0 Å². The molecule has 1 aromatic rings. The van der Waals surface area contributed by atoms with Gasteiger partial charge in [0.1, 0.15) is 17.1 Å². The first-order valence-corrected chi connectivity index (χ1v) is 5.16. The van der Waals surface area contributed by atoms with Gasteiger partial charge in [-0.25, -0.2) is 4.79 Å². The molecule has 0 atom stereocenters. The number of halogens is 1. The third-order valence-electron chi connectivity index (χ3n) is 2.39. The van der Waals surface area contributed by atoms with Gasteiger partial charge < -0.3 is 19.9 Å². The van der Waals surface area contributed by atoms with Gasteiger partial charge in [-0.1, -0.05) is 0 Å². The van der Waals surface area contributed by atoms with Gasteiger partial charge in [0.15, 0.2) is 5.78 Å². The monoisotopic (exact) mass is 289 g/mol. The SMILES string of the molecule is COC(=O)c1cc(OC)c(C(=O)CN)c(OC)c1.Cl. The van der Waals surface area contributed by atoms with Crippen molar-refractivity contribution < 1.29 is 23.8 Å². The summed E-state index contributed by atoms with van der Waals surface area (Å²) in [4.78, 5) is 23.2. The fourth-order valence-corrected chi connectivity index (χ4v) is 1.52. The average molecular weight is 290 g/mol. The minimum Gasteiger partial charge on any atom is -0.496 e. The van der Waals surface area contributed by atoms with Crippen molar-refractivity contribution in [3.05, 3.63) is 23.3 Å². The van der Waals surface area contributed by atoms with Crippen molar-refractivity contribution in [2.24, 2.45) is 5.73 Å². The fraction of sp³-hybridized carbons (Fsp3) is 0.333. The van der Waals surface area contributed by atoms with Crippen LogP contribution in [0.1, 0.15) is 20.7 Å². The highest BCUT2D eigenvalue weighted by Gasteiger charge is 2.21. The fourth-order valence-electron chi connectivity index (χ4n) is 1.52. The topological polar surface area (TPSA) is 87.9 Å². The van der Waals surface area contributed by atoms with Crippen molar-refractivity contribution in [2.75, 3.05) is 27.9 Å². The molecule has 7 heteroatoms. The Hall–Kier alpha value is -1.79. The van der Waals surface area contributed by atoms with Gasteiger partial charge in [-0.3, -0.25) is 4.79 Å². The summed E-state index contributed by atoms with van der Waals surface area (Å²) in [6.07, 6.45) is 0. The number of carbonyl (C=O) groups is 2. The molecular weight excluding hydrogens is 274 g/mol. The van der Waals surface area contributed by atoms with Crippen LogP contribution in [0.2, 0.25) is 0 Å². The van der Waals surface area contributed by atoms with E-state index >= 15 is 0 Å². The number of rotatable bonds is 5. The van der Waals surface area contributed by atoms with Crippen LogP contribution in [0.25, 0.3) is 0 Å². The van der Waals surface area contributed by atoms with Gasteiger partial charge in [0.2, 0.25) is 0 Å². The van der Waals surface area contributed by atoms with Crippen LogP contribution in [0.15, 0.2) is 12.1 Å². The Balaban J connectivity index is 0.00000324. The number of hydrogen-bond donors (Lipinski definition) is 1. The van der Waals surface area contributed by atoms with Crippen molar-refractivity contribution in [3.63, 3.8) is 0 Å². The van der Waals surface area contributed by atoms with Gasteiger partial charge >= 0.3 is 5.97 Å². The predicted molar refractivity (Wildman–Crippen MR) is 71.5 cm³/mol. The highest BCUT2D eigenvalue weighted by molar-refractivity contribution is 6.04. The third kappa shape index (κ3) is 3.59. The first-order valence-electron chi connectivity index (χ1n) is 5.16. The van der Waals surface area contributed by atoms with Crippen LogP contribution < -0.4 is 15.2 Å². The summed E-state index contributed by atoms with van der Waals surface area (Å²) in [5.41, 5.74) is 5.78. The smallest absolute Gasteiger partial charge is 0.338 e. The second-order valence-electron chi connectivity index (χ2n) is 3.37. The number of carbonyl (C=O) groups excluding carboxylic acids is 2. The molecule has 0 amide bonds. The molecule has 0 aliphatic heterocycles. The van der Waals surface area contributed by atoms with Crippen LogP contribution in [0.5, 0.6) is 11.5 Å². The van der Waals surface area contributed by atoms with Gasteiger partial charge in [0, 0.05) is 0 Å². The van der Waals surface area contributed by atoms with E-state index in [1.807, 2.05) is 0 Å². The molecule has 0 saturated carbocycles. The molecule has 6 nitrogen and oxygen atoms in total. The second kappa shape index (κ2) is 7.60. The van der Waals surface area contributed by atoms with E-state index in [-0.39, 0.29) is 47.4 Å². The van der Waals surface area contributed by atoms with Crippen molar-refractivity contribution in [2.45, 2.75) is 0 Å². The lowest BCUT2D eigenvalue weighted by Crippen LogP contribution is -2.16. The quantitative estimate of drug-likeness (QED) is 0.644. The maximum atomic E-state index is 11.7. The molecule has 0 fully saturated rings. The number of nitrogens with two attached hydrogens (primary N) is 1. The first-order chi connectivity index (χ1) is 8.58. The second-order valence-corrected chi connectivity index (χ2v) is 3.37. The lowest BCUT2D eigenvalue weighted by Gasteiger charge is -2.13. The summed E-state index contributed by atoms with van der Waals surface area (Å²) in [6.45, 7) is -0.176. The Kier molecular flexibility index (Phi) is 6.89. The van der Waals surface area contributed by atoms with E-state index in [0.29, 0.717) is 0 Å². The minimum atomic E-state index is -0.543. The van der Waals surface area contributed by atoms with Crippen LogP contribution in [0.4, 0.5) is 0 Å². The summed E-state index contributed by atoms with van der Waals surface area (Å²) >= 11 is 0. The van der Waals surface area contributed by atoms with Gasteiger partial charge in [-0.15, -0.1) is 12.4 Å². The Bertz CT molecular complexity index is 450. The van der Waals surface area contributed by atoms with E-state index in [9.17, 15) is 9.59 Å². The number of ketones is 1. The Labute approximate surface area is 117 Å². The maximum absolute atomic E-state index is 11.7. The van der Waals surface area contributed by atoms with E-state index in [1.165, 1.54) is 33.5 Å². The number of methoxy groups -OCH3 is 3. The zero-order chi connectivity index (χ0) is 13.7. The van der Waals surface area contributed by atoms with E-state index < -0.39 is 5.97 Å². The van der Waals surface area contributed by atoms with Crippen molar-refractivity contribution in [1.29, 1.82) is 0 Å². The molecule has 106 valence electrons. The Morgan fingerprint density at radius 2 is 1.58 bits per heavy atom. The molecule has 0 aliphatic rings. The van der Waals surface area contributed by atoms with Gasteiger partial charge in [0.25, 0.3) is 0 Å². The highest BCUT2D eigenvalue weighted by Crippen LogP contribution is 2.31. The van der Waals surface area contributed by atoms with E-state index in [0.717, 1.165) is 0 Å². The largest absolute Gasteiger partial charge is 0.496 e. The predicted octanol–water partition coefficient (Wildman–Crippen LogP) is 1.05. The van der Waals surface area contributed by atoms with Crippen molar-refractivity contribution in [3.8, 4) is 11.5 Å². The molecule has 0 spiro atoms. The van der Waals surface area contributed by atoms with Crippen LogP contribution in [-0.4, -0.2) is 39.6 Å². The molecule has 2 N–H and O–H groups in total. The molecule has 0 aliphatic carbocycles. The van der Waals surface area contributed by atoms with E-state index in [2.05, 4.69) is 4.74 Å². The number of Topliss-reactive ketones (excluding diaryl/α,β-unsaturated/α-hetero) is 1. The summed E-state index contributed by atoms with van der Waals surface area (Å²) in [6, 6.07) is 2.83. The molecule has 1 rings (SSSR count).